The summed E-state index contributed by atoms with van der Waals surface area (Å²) >= 11 is 6.38. The molecular formula is C30H35ClN4O7S. The molecule has 1 atom stereocenters. The van der Waals surface area contributed by atoms with Crippen molar-refractivity contribution < 1.29 is 27.7 Å². The number of hydrogen-bond donors (Lipinski definition) is 1. The van der Waals surface area contributed by atoms with Crippen LogP contribution in [0.5, 0.6) is 5.75 Å². The van der Waals surface area contributed by atoms with E-state index in [2.05, 4.69) is 5.32 Å². The predicted molar refractivity (Wildman–Crippen MR) is 165 cm³/mol. The van der Waals surface area contributed by atoms with Crippen LogP contribution in [0.3, 0.4) is 0 Å². The van der Waals surface area contributed by atoms with Gasteiger partial charge in [0.25, 0.3) is 15.7 Å². The van der Waals surface area contributed by atoms with Gasteiger partial charge < -0.3 is 15.0 Å². The van der Waals surface area contributed by atoms with Gasteiger partial charge in [-0.05, 0) is 61.7 Å². The van der Waals surface area contributed by atoms with Gasteiger partial charge in [0.2, 0.25) is 11.8 Å². The minimum atomic E-state index is -4.51. The van der Waals surface area contributed by atoms with Crippen molar-refractivity contribution in [3.8, 4) is 5.75 Å². The van der Waals surface area contributed by atoms with E-state index >= 15 is 0 Å². The van der Waals surface area contributed by atoms with E-state index in [1.165, 1.54) is 55.3 Å². The van der Waals surface area contributed by atoms with E-state index in [0.717, 1.165) is 10.4 Å². The normalized spacial score (nSPS) is 12.0. The van der Waals surface area contributed by atoms with E-state index < -0.39 is 39.3 Å². The fourth-order valence-electron chi connectivity index (χ4n) is 4.20. The maximum absolute atomic E-state index is 14.0. The molecule has 1 N–H and O–H groups in total. The fraction of sp³-hybridized carbons (Fsp3) is 0.333. The molecule has 43 heavy (non-hydrogen) atoms. The van der Waals surface area contributed by atoms with Gasteiger partial charge >= 0.3 is 0 Å². The van der Waals surface area contributed by atoms with Crippen LogP contribution in [0.15, 0.2) is 71.6 Å². The molecule has 0 fully saturated rings. The molecule has 0 bridgehead atoms. The van der Waals surface area contributed by atoms with E-state index in [4.69, 9.17) is 16.3 Å². The lowest BCUT2D eigenvalue weighted by Crippen LogP contribution is -2.51. The maximum atomic E-state index is 14.0. The van der Waals surface area contributed by atoms with Crippen molar-refractivity contribution in [2.45, 2.75) is 45.2 Å². The standard InChI is InChI=1S/C30H35ClN4O7S/c1-20(2)17-32-30(37)22(4)33(18-23-8-6-7-9-27(23)31)29(36)19-34(24-11-13-25(42-5)14-12-24)43(40,41)26-15-10-21(3)28(16-26)35(38)39/h6-16,20,22H,17-19H2,1-5H3,(H,32,37)/t22-/m1/s1. The topological polar surface area (TPSA) is 139 Å². The van der Waals surface area contributed by atoms with Gasteiger partial charge in [0, 0.05) is 29.7 Å². The summed E-state index contributed by atoms with van der Waals surface area (Å²) in [6, 6.07) is 15.4. The predicted octanol–water partition coefficient (Wildman–Crippen LogP) is 4.95. The Morgan fingerprint density at radius 1 is 1.05 bits per heavy atom. The summed E-state index contributed by atoms with van der Waals surface area (Å²) in [6.45, 7) is 6.53. The molecule has 3 rings (SSSR count). The molecule has 0 aliphatic carbocycles. The number of sulfonamides is 1. The Morgan fingerprint density at radius 2 is 1.70 bits per heavy atom. The Labute approximate surface area is 256 Å². The Balaban J connectivity index is 2.09. The Bertz CT molecular complexity index is 1580. The highest BCUT2D eigenvalue weighted by Crippen LogP contribution is 2.30. The largest absolute Gasteiger partial charge is 0.497 e. The average Bonchev–Trinajstić information content (AvgIpc) is 2.97. The molecule has 3 aromatic rings. The third-order valence-electron chi connectivity index (χ3n) is 6.75. The maximum Gasteiger partial charge on any atom is 0.273 e. The van der Waals surface area contributed by atoms with E-state index in [9.17, 15) is 28.1 Å². The molecule has 2 amide bonds. The molecule has 0 radical (unpaired) electrons. The minimum Gasteiger partial charge on any atom is -0.497 e. The number of rotatable bonds is 13. The van der Waals surface area contributed by atoms with Crippen LogP contribution in [0.1, 0.15) is 31.9 Å². The number of methoxy groups -OCH3 is 1. The molecule has 0 saturated heterocycles. The monoisotopic (exact) mass is 630 g/mol. The molecule has 0 aliphatic heterocycles. The van der Waals surface area contributed by atoms with Gasteiger partial charge in [-0.15, -0.1) is 0 Å². The first-order valence-electron chi connectivity index (χ1n) is 13.5. The van der Waals surface area contributed by atoms with Crippen LogP contribution in [-0.4, -0.2) is 56.3 Å². The molecule has 0 aromatic heterocycles. The molecule has 11 nitrogen and oxygen atoms in total. The number of carbonyl (C=O) groups excluding carboxylic acids is 2. The Morgan fingerprint density at radius 3 is 2.28 bits per heavy atom. The number of carbonyl (C=O) groups is 2. The molecule has 230 valence electrons. The molecule has 0 unspecified atom stereocenters. The smallest absolute Gasteiger partial charge is 0.273 e. The van der Waals surface area contributed by atoms with Crippen molar-refractivity contribution in [1.82, 2.24) is 10.2 Å². The number of nitro benzene ring substituents is 1. The molecule has 0 spiro atoms. The van der Waals surface area contributed by atoms with Gasteiger partial charge in [0.1, 0.15) is 18.3 Å². The zero-order chi connectivity index (χ0) is 31.9. The van der Waals surface area contributed by atoms with Crippen LogP contribution in [0.4, 0.5) is 11.4 Å². The van der Waals surface area contributed by atoms with Gasteiger partial charge in [0.15, 0.2) is 0 Å². The summed E-state index contributed by atoms with van der Waals surface area (Å²) in [6.07, 6.45) is 0. The SMILES string of the molecule is COc1ccc(N(CC(=O)N(Cc2ccccc2Cl)[C@H](C)C(=O)NCC(C)C)S(=O)(=O)c2ccc(C)c([N+](=O)[O-])c2)cc1. The van der Waals surface area contributed by atoms with Gasteiger partial charge in [-0.3, -0.25) is 24.0 Å². The number of amides is 2. The van der Waals surface area contributed by atoms with E-state index in [-0.39, 0.29) is 34.3 Å². The van der Waals surface area contributed by atoms with Gasteiger partial charge in [-0.25, -0.2) is 8.42 Å². The number of benzene rings is 3. The minimum absolute atomic E-state index is 0.0682. The summed E-state index contributed by atoms with van der Waals surface area (Å²) in [5, 5.41) is 14.8. The molecule has 13 heteroatoms. The summed E-state index contributed by atoms with van der Waals surface area (Å²) in [5.74, 6) is -0.484. The lowest BCUT2D eigenvalue weighted by molar-refractivity contribution is -0.385. The van der Waals surface area contributed by atoms with Crippen LogP contribution in [0.2, 0.25) is 5.02 Å². The summed E-state index contributed by atoms with van der Waals surface area (Å²) < 4.78 is 34.1. The highest BCUT2D eigenvalue weighted by atomic mass is 35.5. The number of halogens is 1. The van der Waals surface area contributed by atoms with Crippen LogP contribution < -0.4 is 14.4 Å². The lowest BCUT2D eigenvalue weighted by atomic mass is 10.1. The first-order valence-corrected chi connectivity index (χ1v) is 15.3. The number of aryl methyl sites for hydroxylation is 1. The van der Waals surface area contributed by atoms with Crippen molar-refractivity contribution in [3.05, 3.63) is 93.0 Å². The second kappa shape index (κ2) is 14.3. The third-order valence-corrected chi connectivity index (χ3v) is 8.89. The molecule has 3 aromatic carbocycles. The zero-order valence-electron chi connectivity index (χ0n) is 24.6. The van der Waals surface area contributed by atoms with Crippen LogP contribution in [-0.2, 0) is 26.2 Å². The van der Waals surface area contributed by atoms with Crippen molar-refractivity contribution in [1.29, 1.82) is 0 Å². The highest BCUT2D eigenvalue weighted by Gasteiger charge is 2.33. The Kier molecular flexibility index (Phi) is 11.1. The summed E-state index contributed by atoms with van der Waals surface area (Å²) in [7, 11) is -3.05. The highest BCUT2D eigenvalue weighted by molar-refractivity contribution is 7.92. The second-order valence-corrected chi connectivity index (χ2v) is 12.6. The first-order chi connectivity index (χ1) is 20.3. The zero-order valence-corrected chi connectivity index (χ0v) is 26.2. The fourth-order valence-corrected chi connectivity index (χ4v) is 5.83. The van der Waals surface area contributed by atoms with E-state index in [0.29, 0.717) is 22.9 Å². The van der Waals surface area contributed by atoms with Crippen molar-refractivity contribution in [2.24, 2.45) is 5.92 Å². The van der Waals surface area contributed by atoms with Crippen LogP contribution in [0.25, 0.3) is 0 Å². The number of nitrogens with one attached hydrogen (secondary N) is 1. The number of hydrogen-bond acceptors (Lipinski definition) is 7. The van der Waals surface area contributed by atoms with Crippen molar-refractivity contribution in [2.75, 3.05) is 24.5 Å². The molecule has 0 saturated carbocycles. The lowest BCUT2D eigenvalue weighted by Gasteiger charge is -2.32. The van der Waals surface area contributed by atoms with Gasteiger partial charge in [-0.2, -0.15) is 0 Å². The number of anilines is 1. The molecular weight excluding hydrogens is 596 g/mol. The number of nitro groups is 1. The summed E-state index contributed by atoms with van der Waals surface area (Å²) in [4.78, 5) is 38.9. The van der Waals surface area contributed by atoms with Crippen molar-refractivity contribution >= 4 is 44.8 Å². The quantitative estimate of drug-likeness (QED) is 0.208. The second-order valence-electron chi connectivity index (χ2n) is 10.3. The third kappa shape index (κ3) is 8.23. The molecule has 0 aliphatic rings. The van der Waals surface area contributed by atoms with Crippen molar-refractivity contribution in [3.63, 3.8) is 0 Å². The average molecular weight is 631 g/mol. The number of nitrogens with zero attached hydrogens (tertiary/aromatic N) is 3. The van der Waals surface area contributed by atoms with Crippen LogP contribution in [0, 0.1) is 23.0 Å². The number of ether oxygens (including phenoxy) is 1. The first kappa shape index (κ1) is 33.3. The van der Waals surface area contributed by atoms with E-state index in [1.807, 2.05) is 13.8 Å². The van der Waals surface area contributed by atoms with Crippen LogP contribution >= 0.6 is 11.6 Å². The van der Waals surface area contributed by atoms with E-state index in [1.54, 1.807) is 31.2 Å². The Hall–Kier alpha value is -4.16. The van der Waals surface area contributed by atoms with Gasteiger partial charge in [0.05, 0.1) is 22.6 Å². The van der Waals surface area contributed by atoms with Gasteiger partial charge in [-0.1, -0.05) is 49.7 Å². The molecule has 0 heterocycles. The summed E-state index contributed by atoms with van der Waals surface area (Å²) in [5.41, 5.74) is 0.585.